The third kappa shape index (κ3) is 4.09. The maximum atomic E-state index is 12.9. The van der Waals surface area contributed by atoms with E-state index in [1.807, 2.05) is 4.90 Å². The number of carbonyl (C=O) groups is 2. The molecule has 28 heavy (non-hydrogen) atoms. The summed E-state index contributed by atoms with van der Waals surface area (Å²) >= 11 is 0. The Balaban J connectivity index is 1.91. The smallest absolute Gasteiger partial charge is 0.328 e. The predicted molar refractivity (Wildman–Crippen MR) is 102 cm³/mol. The molecule has 3 unspecified atom stereocenters. The number of nitro groups is 1. The van der Waals surface area contributed by atoms with Gasteiger partial charge in [-0.1, -0.05) is 13.8 Å². The Hall–Kier alpha value is -2.68. The molecule has 0 aromatic heterocycles. The van der Waals surface area contributed by atoms with Gasteiger partial charge < -0.3 is 19.6 Å². The van der Waals surface area contributed by atoms with Crippen LogP contribution in [0.3, 0.4) is 0 Å². The second-order valence-electron chi connectivity index (χ2n) is 7.74. The molecular formula is C19H25N3O6. The lowest BCUT2D eigenvalue weighted by Gasteiger charge is -2.36. The third-order valence-electron chi connectivity index (χ3n) is 5.30. The van der Waals surface area contributed by atoms with Crippen LogP contribution in [0.1, 0.15) is 30.6 Å². The van der Waals surface area contributed by atoms with E-state index in [9.17, 15) is 24.8 Å². The number of hydrogen-bond acceptors (Lipinski definition) is 6. The van der Waals surface area contributed by atoms with Crippen molar-refractivity contribution in [1.29, 1.82) is 0 Å². The number of piperidine rings is 1. The highest BCUT2D eigenvalue weighted by Gasteiger charge is 2.34. The van der Waals surface area contributed by atoms with E-state index in [4.69, 9.17) is 4.74 Å². The number of carboxylic acids is 1. The number of anilines is 1. The molecule has 2 heterocycles. The molecule has 3 rings (SSSR count). The van der Waals surface area contributed by atoms with Crippen LogP contribution in [0.15, 0.2) is 18.2 Å². The van der Waals surface area contributed by atoms with Crippen LogP contribution in [0.4, 0.5) is 11.4 Å². The summed E-state index contributed by atoms with van der Waals surface area (Å²) in [5, 5.41) is 21.0. The van der Waals surface area contributed by atoms with Gasteiger partial charge in [0.2, 0.25) is 0 Å². The highest BCUT2D eigenvalue weighted by Crippen LogP contribution is 2.34. The summed E-state index contributed by atoms with van der Waals surface area (Å²) in [5.74, 6) is -0.843. The van der Waals surface area contributed by atoms with Crippen molar-refractivity contribution in [2.45, 2.75) is 26.3 Å². The fraction of sp³-hybridized carbons (Fsp3) is 0.579. The number of nitrogens with zero attached hydrogens (tertiary/aromatic N) is 3. The van der Waals surface area contributed by atoms with Gasteiger partial charge in [0.05, 0.1) is 18.1 Å². The number of ether oxygens (including phenoxy) is 1. The quantitative estimate of drug-likeness (QED) is 0.617. The molecule has 2 saturated heterocycles. The van der Waals surface area contributed by atoms with E-state index in [2.05, 4.69) is 13.8 Å². The Kier molecular flexibility index (Phi) is 5.83. The third-order valence-corrected chi connectivity index (χ3v) is 5.30. The molecule has 1 aromatic rings. The van der Waals surface area contributed by atoms with E-state index < -0.39 is 22.8 Å². The van der Waals surface area contributed by atoms with Gasteiger partial charge in [0.1, 0.15) is 5.69 Å². The second kappa shape index (κ2) is 8.14. The fourth-order valence-electron chi connectivity index (χ4n) is 4.15. The molecule has 1 amide bonds. The van der Waals surface area contributed by atoms with Crippen LogP contribution in [-0.2, 0) is 9.53 Å². The highest BCUT2D eigenvalue weighted by molar-refractivity contribution is 5.98. The second-order valence-corrected chi connectivity index (χ2v) is 7.74. The van der Waals surface area contributed by atoms with Gasteiger partial charge in [0, 0.05) is 31.3 Å². The average Bonchev–Trinajstić information content (AvgIpc) is 2.66. The van der Waals surface area contributed by atoms with Gasteiger partial charge >= 0.3 is 5.97 Å². The van der Waals surface area contributed by atoms with E-state index in [1.165, 1.54) is 11.0 Å². The zero-order valence-electron chi connectivity index (χ0n) is 16.0. The number of amides is 1. The molecular weight excluding hydrogens is 366 g/mol. The van der Waals surface area contributed by atoms with Crippen LogP contribution in [0.25, 0.3) is 0 Å². The minimum atomic E-state index is -1.16. The number of hydrogen-bond donors (Lipinski definition) is 1. The van der Waals surface area contributed by atoms with E-state index in [0.717, 1.165) is 19.5 Å². The van der Waals surface area contributed by atoms with Crippen molar-refractivity contribution < 1.29 is 24.4 Å². The lowest BCUT2D eigenvalue weighted by Crippen LogP contribution is -2.52. The first-order valence-electron chi connectivity index (χ1n) is 9.42. The van der Waals surface area contributed by atoms with Crippen LogP contribution in [0.2, 0.25) is 0 Å². The Morgan fingerprint density at radius 1 is 1.25 bits per heavy atom. The number of carbonyl (C=O) groups excluding carboxylic acids is 1. The summed E-state index contributed by atoms with van der Waals surface area (Å²) in [7, 11) is 0. The van der Waals surface area contributed by atoms with Gasteiger partial charge in [-0.2, -0.15) is 0 Å². The number of benzene rings is 1. The van der Waals surface area contributed by atoms with E-state index in [-0.39, 0.29) is 31.0 Å². The summed E-state index contributed by atoms with van der Waals surface area (Å²) in [4.78, 5) is 38.7. The maximum absolute atomic E-state index is 12.9. The topological polar surface area (TPSA) is 113 Å². The van der Waals surface area contributed by atoms with Gasteiger partial charge in [0.25, 0.3) is 11.6 Å². The van der Waals surface area contributed by atoms with E-state index in [1.54, 1.807) is 12.1 Å². The van der Waals surface area contributed by atoms with Crippen LogP contribution in [0.5, 0.6) is 0 Å². The normalized spacial score (nSPS) is 25.4. The van der Waals surface area contributed by atoms with Crippen molar-refractivity contribution in [2.24, 2.45) is 11.8 Å². The van der Waals surface area contributed by atoms with Crippen molar-refractivity contribution in [3.63, 3.8) is 0 Å². The first-order valence-corrected chi connectivity index (χ1v) is 9.42. The first kappa shape index (κ1) is 20.1. The molecule has 0 bridgehead atoms. The minimum Gasteiger partial charge on any atom is -0.480 e. The molecule has 9 heteroatoms. The van der Waals surface area contributed by atoms with Gasteiger partial charge in [-0.05, 0) is 30.4 Å². The Bertz CT molecular complexity index is 773. The monoisotopic (exact) mass is 391 g/mol. The van der Waals surface area contributed by atoms with E-state index >= 15 is 0 Å². The molecule has 2 aliphatic rings. The molecule has 2 fully saturated rings. The molecule has 0 spiro atoms. The molecule has 2 aliphatic heterocycles. The summed E-state index contributed by atoms with van der Waals surface area (Å²) in [6.45, 7) is 5.97. The molecule has 3 atom stereocenters. The average molecular weight is 391 g/mol. The largest absolute Gasteiger partial charge is 0.480 e. The zero-order chi connectivity index (χ0) is 20.4. The Morgan fingerprint density at radius 2 is 1.93 bits per heavy atom. The standard InChI is InChI=1S/C19H25N3O6/c1-12-7-13(2)10-20(9-12)15-4-3-14(8-16(15)22(26)27)18(23)21-5-6-28-11-17(21)19(24)25/h3-4,8,12-13,17H,5-7,9-11H2,1-2H3,(H,24,25). The van der Waals surface area contributed by atoms with Gasteiger partial charge in [-0.3, -0.25) is 14.9 Å². The van der Waals surface area contributed by atoms with Crippen molar-refractivity contribution in [3.05, 3.63) is 33.9 Å². The molecule has 1 aromatic carbocycles. The molecule has 0 aliphatic carbocycles. The molecule has 0 radical (unpaired) electrons. The van der Waals surface area contributed by atoms with Crippen LogP contribution >= 0.6 is 0 Å². The molecule has 152 valence electrons. The first-order chi connectivity index (χ1) is 13.3. The molecule has 0 saturated carbocycles. The summed E-state index contributed by atoms with van der Waals surface area (Å²) < 4.78 is 5.15. The minimum absolute atomic E-state index is 0.0925. The number of nitro benzene ring substituents is 1. The number of carboxylic acid groups (broad SMARTS) is 1. The number of aliphatic carboxylic acids is 1. The summed E-state index contributed by atoms with van der Waals surface area (Å²) in [6, 6.07) is 3.31. The van der Waals surface area contributed by atoms with Crippen LogP contribution in [-0.4, -0.2) is 65.7 Å². The van der Waals surface area contributed by atoms with Crippen molar-refractivity contribution in [1.82, 2.24) is 4.90 Å². The maximum Gasteiger partial charge on any atom is 0.328 e. The zero-order valence-corrected chi connectivity index (χ0v) is 16.0. The lowest BCUT2D eigenvalue weighted by atomic mass is 9.91. The van der Waals surface area contributed by atoms with Gasteiger partial charge in [-0.25, -0.2) is 4.79 Å². The Labute approximate surface area is 163 Å². The number of rotatable bonds is 4. The SMILES string of the molecule is CC1CC(C)CN(c2ccc(C(=O)N3CCOCC3C(=O)O)cc2[N+](=O)[O-])C1. The van der Waals surface area contributed by atoms with Crippen LogP contribution < -0.4 is 4.90 Å². The Morgan fingerprint density at radius 3 is 2.54 bits per heavy atom. The lowest BCUT2D eigenvalue weighted by molar-refractivity contribution is -0.384. The predicted octanol–water partition coefficient (Wildman–Crippen LogP) is 2.00. The molecule has 1 N–H and O–H groups in total. The van der Waals surface area contributed by atoms with Crippen molar-refractivity contribution >= 4 is 23.3 Å². The van der Waals surface area contributed by atoms with Crippen LogP contribution in [0, 0.1) is 22.0 Å². The molecule has 9 nitrogen and oxygen atoms in total. The highest BCUT2D eigenvalue weighted by atomic mass is 16.6. The number of morpholine rings is 1. The summed E-state index contributed by atoms with van der Waals surface area (Å²) in [6.07, 6.45) is 1.08. The van der Waals surface area contributed by atoms with Crippen molar-refractivity contribution in [3.8, 4) is 0 Å². The van der Waals surface area contributed by atoms with Gasteiger partial charge in [0.15, 0.2) is 6.04 Å². The van der Waals surface area contributed by atoms with Gasteiger partial charge in [-0.15, -0.1) is 0 Å². The van der Waals surface area contributed by atoms with Crippen molar-refractivity contribution in [2.75, 3.05) is 37.7 Å². The fourth-order valence-corrected chi connectivity index (χ4v) is 4.15. The summed E-state index contributed by atoms with van der Waals surface area (Å²) in [5.41, 5.74) is 0.478. The van der Waals surface area contributed by atoms with E-state index in [0.29, 0.717) is 17.5 Å².